The molecule has 1 aromatic carbocycles. The molecular weight excluding hydrogens is 350 g/mol. The van der Waals surface area contributed by atoms with Crippen molar-refractivity contribution < 1.29 is 13.2 Å². The Hall–Kier alpha value is -1.44. The Kier molecular flexibility index (Phi) is 6.82. The molecule has 0 heterocycles. The van der Waals surface area contributed by atoms with Gasteiger partial charge in [-0.3, -0.25) is 4.79 Å². The van der Waals surface area contributed by atoms with Crippen molar-refractivity contribution in [3.8, 4) is 0 Å². The lowest BCUT2D eigenvalue weighted by Crippen LogP contribution is -2.40. The topological polar surface area (TPSA) is 92.5 Å². The molecule has 0 aromatic heterocycles. The second-order valence-electron chi connectivity index (χ2n) is 7.90. The SMILES string of the molecule is CN(CC(C)(C)CN)C(=O)CCNS(=O)(=O)c1ccc2c(c1)CCCC2. The summed E-state index contributed by atoms with van der Waals surface area (Å²) < 4.78 is 27.5. The fourth-order valence-electron chi connectivity index (χ4n) is 3.24. The Labute approximate surface area is 157 Å². The van der Waals surface area contributed by atoms with Crippen molar-refractivity contribution in [1.29, 1.82) is 0 Å². The minimum absolute atomic E-state index is 0.0889. The van der Waals surface area contributed by atoms with E-state index in [0.29, 0.717) is 13.1 Å². The molecule has 1 aliphatic rings. The summed E-state index contributed by atoms with van der Waals surface area (Å²) in [5.74, 6) is -0.0975. The number of carbonyl (C=O) groups excluding carboxylic acids is 1. The monoisotopic (exact) mass is 381 g/mol. The van der Waals surface area contributed by atoms with Gasteiger partial charge in [0.15, 0.2) is 0 Å². The summed E-state index contributed by atoms with van der Waals surface area (Å²) in [7, 11) is -1.88. The number of fused-ring (bicyclic) bond motifs is 1. The zero-order chi connectivity index (χ0) is 19.4. The summed E-state index contributed by atoms with van der Waals surface area (Å²) in [6, 6.07) is 5.34. The summed E-state index contributed by atoms with van der Waals surface area (Å²) in [6.07, 6.45) is 4.33. The standard InChI is InChI=1S/C19H31N3O3S/c1-19(2,13-20)14-22(3)18(23)10-11-21-26(24,25)17-9-8-15-6-4-5-7-16(15)12-17/h8-9,12,21H,4-7,10-11,13-14,20H2,1-3H3. The van der Waals surface area contributed by atoms with E-state index < -0.39 is 10.0 Å². The minimum Gasteiger partial charge on any atom is -0.345 e. The van der Waals surface area contributed by atoms with Crippen LogP contribution in [-0.2, 0) is 27.7 Å². The maximum atomic E-state index is 12.5. The van der Waals surface area contributed by atoms with Gasteiger partial charge in [0, 0.05) is 26.6 Å². The van der Waals surface area contributed by atoms with Crippen molar-refractivity contribution in [2.24, 2.45) is 11.1 Å². The normalized spacial score (nSPS) is 14.8. The quantitative estimate of drug-likeness (QED) is 0.716. The number of nitrogens with two attached hydrogens (primary N) is 1. The fourth-order valence-corrected chi connectivity index (χ4v) is 4.32. The average molecular weight is 382 g/mol. The molecule has 0 spiro atoms. The largest absolute Gasteiger partial charge is 0.345 e. The predicted octanol–water partition coefficient (Wildman–Crippen LogP) is 1.68. The second-order valence-corrected chi connectivity index (χ2v) is 9.67. The molecule has 146 valence electrons. The Morgan fingerprint density at radius 2 is 1.88 bits per heavy atom. The first kappa shape index (κ1) is 20.9. The second kappa shape index (κ2) is 8.50. The highest BCUT2D eigenvalue weighted by atomic mass is 32.2. The van der Waals surface area contributed by atoms with Gasteiger partial charge in [0.2, 0.25) is 15.9 Å². The van der Waals surface area contributed by atoms with E-state index >= 15 is 0 Å². The van der Waals surface area contributed by atoms with Crippen LogP contribution in [0.1, 0.15) is 44.2 Å². The van der Waals surface area contributed by atoms with Gasteiger partial charge in [-0.2, -0.15) is 0 Å². The molecule has 3 N–H and O–H groups in total. The van der Waals surface area contributed by atoms with Crippen molar-refractivity contribution in [3.05, 3.63) is 29.3 Å². The zero-order valence-electron chi connectivity index (χ0n) is 16.0. The minimum atomic E-state index is -3.60. The smallest absolute Gasteiger partial charge is 0.240 e. The van der Waals surface area contributed by atoms with Crippen molar-refractivity contribution in [2.75, 3.05) is 26.7 Å². The number of hydrogen-bond acceptors (Lipinski definition) is 4. The van der Waals surface area contributed by atoms with Crippen LogP contribution in [0.3, 0.4) is 0 Å². The Morgan fingerprint density at radius 1 is 1.23 bits per heavy atom. The summed E-state index contributed by atoms with van der Waals surface area (Å²) in [5.41, 5.74) is 7.90. The molecule has 1 amide bonds. The molecule has 6 nitrogen and oxygen atoms in total. The number of benzene rings is 1. The third-order valence-corrected chi connectivity index (χ3v) is 6.36. The van der Waals surface area contributed by atoms with Gasteiger partial charge < -0.3 is 10.6 Å². The van der Waals surface area contributed by atoms with E-state index in [0.717, 1.165) is 31.2 Å². The highest BCUT2D eigenvalue weighted by Gasteiger charge is 2.22. The molecule has 0 saturated heterocycles. The first-order valence-electron chi connectivity index (χ1n) is 9.20. The Bertz CT molecular complexity index is 744. The van der Waals surface area contributed by atoms with E-state index in [4.69, 9.17) is 5.73 Å². The number of nitrogens with one attached hydrogen (secondary N) is 1. The number of amides is 1. The Morgan fingerprint density at radius 3 is 2.54 bits per heavy atom. The first-order valence-corrected chi connectivity index (χ1v) is 10.7. The van der Waals surface area contributed by atoms with E-state index in [-0.39, 0.29) is 29.2 Å². The number of aryl methyl sites for hydroxylation is 2. The van der Waals surface area contributed by atoms with Crippen LogP contribution in [0.15, 0.2) is 23.1 Å². The fraction of sp³-hybridized carbons (Fsp3) is 0.632. The molecule has 0 atom stereocenters. The van der Waals surface area contributed by atoms with Gasteiger partial charge in [0.1, 0.15) is 0 Å². The van der Waals surface area contributed by atoms with Crippen molar-refractivity contribution in [1.82, 2.24) is 9.62 Å². The van der Waals surface area contributed by atoms with Crippen LogP contribution in [0.2, 0.25) is 0 Å². The van der Waals surface area contributed by atoms with Crippen LogP contribution in [0.25, 0.3) is 0 Å². The van der Waals surface area contributed by atoms with Gasteiger partial charge >= 0.3 is 0 Å². The van der Waals surface area contributed by atoms with Gasteiger partial charge in [-0.25, -0.2) is 13.1 Å². The number of hydrogen-bond donors (Lipinski definition) is 2. The summed E-state index contributed by atoms with van der Waals surface area (Å²) >= 11 is 0. The van der Waals surface area contributed by atoms with E-state index in [2.05, 4.69) is 4.72 Å². The maximum absolute atomic E-state index is 12.5. The van der Waals surface area contributed by atoms with Crippen molar-refractivity contribution in [2.45, 2.75) is 50.8 Å². The van der Waals surface area contributed by atoms with E-state index in [1.54, 1.807) is 24.1 Å². The van der Waals surface area contributed by atoms with Crippen LogP contribution in [-0.4, -0.2) is 45.9 Å². The Balaban J connectivity index is 1.91. The average Bonchev–Trinajstić information content (AvgIpc) is 2.60. The number of sulfonamides is 1. The van der Waals surface area contributed by atoms with Crippen LogP contribution in [0.5, 0.6) is 0 Å². The van der Waals surface area contributed by atoms with E-state index in [1.807, 2.05) is 19.9 Å². The molecule has 0 fully saturated rings. The third kappa shape index (κ3) is 5.53. The van der Waals surface area contributed by atoms with Gasteiger partial charge in [-0.15, -0.1) is 0 Å². The van der Waals surface area contributed by atoms with E-state index in [1.165, 1.54) is 5.56 Å². The first-order chi connectivity index (χ1) is 12.1. The van der Waals surface area contributed by atoms with Crippen LogP contribution in [0.4, 0.5) is 0 Å². The summed E-state index contributed by atoms with van der Waals surface area (Å²) in [5, 5.41) is 0. The van der Waals surface area contributed by atoms with Gasteiger partial charge in [-0.1, -0.05) is 19.9 Å². The van der Waals surface area contributed by atoms with E-state index in [9.17, 15) is 13.2 Å². The van der Waals surface area contributed by atoms with Crippen LogP contribution < -0.4 is 10.5 Å². The molecule has 0 saturated carbocycles. The number of nitrogens with zero attached hydrogens (tertiary/aromatic N) is 1. The maximum Gasteiger partial charge on any atom is 0.240 e. The lowest BCUT2D eigenvalue weighted by Gasteiger charge is -2.29. The molecule has 1 aromatic rings. The molecule has 1 aliphatic carbocycles. The molecule has 0 radical (unpaired) electrons. The lowest BCUT2D eigenvalue weighted by atomic mass is 9.92. The van der Waals surface area contributed by atoms with Crippen molar-refractivity contribution >= 4 is 15.9 Å². The number of carbonyl (C=O) groups is 1. The highest BCUT2D eigenvalue weighted by molar-refractivity contribution is 7.89. The highest BCUT2D eigenvalue weighted by Crippen LogP contribution is 2.24. The lowest BCUT2D eigenvalue weighted by molar-refractivity contribution is -0.130. The molecule has 26 heavy (non-hydrogen) atoms. The number of rotatable bonds is 8. The van der Waals surface area contributed by atoms with Crippen LogP contribution in [0, 0.1) is 5.41 Å². The third-order valence-electron chi connectivity index (χ3n) is 4.90. The molecule has 0 bridgehead atoms. The summed E-state index contributed by atoms with van der Waals surface area (Å²) in [6.45, 7) is 5.10. The van der Waals surface area contributed by atoms with Crippen LogP contribution >= 0.6 is 0 Å². The van der Waals surface area contributed by atoms with Gasteiger partial charge in [-0.05, 0) is 60.9 Å². The molecular formula is C19H31N3O3S. The van der Waals surface area contributed by atoms with Crippen molar-refractivity contribution in [3.63, 3.8) is 0 Å². The predicted molar refractivity (Wildman–Crippen MR) is 103 cm³/mol. The molecule has 0 aliphatic heterocycles. The molecule has 0 unspecified atom stereocenters. The van der Waals surface area contributed by atoms with Gasteiger partial charge in [0.05, 0.1) is 4.90 Å². The zero-order valence-corrected chi connectivity index (χ0v) is 16.9. The molecule has 7 heteroatoms. The summed E-state index contributed by atoms with van der Waals surface area (Å²) in [4.78, 5) is 14.1. The molecule has 2 rings (SSSR count). The van der Waals surface area contributed by atoms with Gasteiger partial charge in [0.25, 0.3) is 0 Å².